The van der Waals surface area contributed by atoms with Gasteiger partial charge in [0.2, 0.25) is 5.91 Å². The summed E-state index contributed by atoms with van der Waals surface area (Å²) in [6.45, 7) is 3.23. The van der Waals surface area contributed by atoms with Crippen molar-refractivity contribution >= 4 is 17.5 Å². The number of hydrogen-bond donors (Lipinski definition) is 1. The lowest BCUT2D eigenvalue weighted by molar-refractivity contribution is -0.134. The van der Waals surface area contributed by atoms with Gasteiger partial charge in [-0.1, -0.05) is 6.07 Å². The van der Waals surface area contributed by atoms with Crippen LogP contribution in [0.25, 0.3) is 5.65 Å². The molecule has 2 amide bonds. The quantitative estimate of drug-likeness (QED) is 0.763. The lowest BCUT2D eigenvalue weighted by Crippen LogP contribution is -2.41. The number of carbonyl (C=O) groups is 2. The summed E-state index contributed by atoms with van der Waals surface area (Å²) in [5, 5.41) is 3.30. The summed E-state index contributed by atoms with van der Waals surface area (Å²) in [6.07, 6.45) is 10.3. The maximum Gasteiger partial charge on any atom is 0.268 e. The summed E-state index contributed by atoms with van der Waals surface area (Å²) in [4.78, 5) is 32.3. The number of pyridine rings is 1. The SMILES string of the molecule is O=C(NCC12CCC3CC3C3(CC3C1)C2)c1cccc2nc(CC(=O)N3CCOCC3)cn12. The number of imidazole rings is 1. The Bertz CT molecular complexity index is 1140. The third kappa shape index (κ3) is 3.22. The molecule has 5 aliphatic rings. The van der Waals surface area contributed by atoms with Crippen LogP contribution in [0.15, 0.2) is 24.4 Å². The van der Waals surface area contributed by atoms with Crippen LogP contribution < -0.4 is 5.32 Å². The standard InChI is InChI=1S/C26H32N4O3/c31-23(29-6-8-33-9-7-29)11-19-14-30-21(2-1-3-22(30)28-19)24(32)27-16-25-5-4-17-10-20(17)26(15-25)13-18(26)12-25/h1-3,14,17-18,20H,4-13,15-16H2,(H,27,32). The van der Waals surface area contributed by atoms with Gasteiger partial charge in [0.05, 0.1) is 25.3 Å². The van der Waals surface area contributed by atoms with Crippen molar-refractivity contribution in [2.24, 2.45) is 28.6 Å². The molecule has 7 rings (SSSR count). The zero-order valence-electron chi connectivity index (χ0n) is 19.1. The van der Waals surface area contributed by atoms with Crippen molar-refractivity contribution in [1.29, 1.82) is 0 Å². The van der Waals surface area contributed by atoms with E-state index in [4.69, 9.17) is 4.74 Å². The molecule has 5 unspecified atom stereocenters. The molecule has 7 heteroatoms. The Kier molecular flexibility index (Phi) is 4.27. The van der Waals surface area contributed by atoms with Crippen LogP contribution in [0.5, 0.6) is 0 Å². The van der Waals surface area contributed by atoms with Gasteiger partial charge in [-0.3, -0.25) is 14.0 Å². The molecule has 1 saturated heterocycles. The van der Waals surface area contributed by atoms with Crippen molar-refractivity contribution < 1.29 is 14.3 Å². The molecule has 3 heterocycles. The maximum atomic E-state index is 13.3. The molecule has 7 nitrogen and oxygen atoms in total. The van der Waals surface area contributed by atoms with Crippen molar-refractivity contribution in [3.8, 4) is 0 Å². The first-order valence-corrected chi connectivity index (χ1v) is 12.7. The topological polar surface area (TPSA) is 75.9 Å². The van der Waals surface area contributed by atoms with E-state index in [-0.39, 0.29) is 18.2 Å². The minimum absolute atomic E-state index is 0.0394. The summed E-state index contributed by atoms with van der Waals surface area (Å²) >= 11 is 0. The van der Waals surface area contributed by atoms with Crippen molar-refractivity contribution in [2.45, 2.75) is 44.9 Å². The number of ether oxygens (including phenoxy) is 1. The number of fused-ring (bicyclic) bond motifs is 3. The van der Waals surface area contributed by atoms with Gasteiger partial charge in [-0.2, -0.15) is 0 Å². The predicted molar refractivity (Wildman–Crippen MR) is 122 cm³/mol. The lowest BCUT2D eigenvalue weighted by atomic mass is 9.77. The van der Waals surface area contributed by atoms with E-state index in [1.807, 2.05) is 33.7 Å². The van der Waals surface area contributed by atoms with Crippen LogP contribution in [0.2, 0.25) is 0 Å². The van der Waals surface area contributed by atoms with Gasteiger partial charge in [-0.15, -0.1) is 0 Å². The zero-order valence-corrected chi connectivity index (χ0v) is 19.1. The zero-order chi connectivity index (χ0) is 22.2. The summed E-state index contributed by atoms with van der Waals surface area (Å²) in [6, 6.07) is 5.62. The second-order valence-corrected chi connectivity index (χ2v) is 11.4. The summed E-state index contributed by atoms with van der Waals surface area (Å²) in [5.41, 5.74) is 2.96. The normalized spacial score (nSPS) is 36.1. The third-order valence-electron chi connectivity index (χ3n) is 9.46. The van der Waals surface area contributed by atoms with Gasteiger partial charge in [0.25, 0.3) is 5.91 Å². The first-order chi connectivity index (χ1) is 16.1. The number of nitrogens with one attached hydrogen (secondary N) is 1. The van der Waals surface area contributed by atoms with Gasteiger partial charge in [0.15, 0.2) is 0 Å². The highest BCUT2D eigenvalue weighted by molar-refractivity contribution is 5.93. The van der Waals surface area contributed by atoms with Gasteiger partial charge < -0.3 is 15.0 Å². The Hall–Kier alpha value is -2.41. The second-order valence-electron chi connectivity index (χ2n) is 11.4. The van der Waals surface area contributed by atoms with Crippen LogP contribution in [0.3, 0.4) is 0 Å². The van der Waals surface area contributed by atoms with Crippen LogP contribution in [0.4, 0.5) is 0 Å². The molecule has 4 saturated carbocycles. The minimum Gasteiger partial charge on any atom is -0.378 e. The number of hydrogen-bond acceptors (Lipinski definition) is 4. The van der Waals surface area contributed by atoms with E-state index in [0.29, 0.717) is 54.2 Å². The number of carbonyl (C=O) groups excluding carboxylic acids is 2. The number of rotatable bonds is 5. The molecule has 5 fully saturated rings. The Morgan fingerprint density at radius 1 is 1.21 bits per heavy atom. The number of nitrogens with zero attached hydrogens (tertiary/aromatic N) is 3. The average molecular weight is 449 g/mol. The molecular formula is C26H32N4O3. The predicted octanol–water partition coefficient (Wildman–Crippen LogP) is 2.68. The fraction of sp³-hybridized carbons (Fsp3) is 0.654. The van der Waals surface area contributed by atoms with Gasteiger partial charge in [-0.05, 0) is 79.2 Å². The summed E-state index contributed by atoms with van der Waals surface area (Å²) < 4.78 is 7.18. The molecular weight excluding hydrogens is 416 g/mol. The summed E-state index contributed by atoms with van der Waals surface area (Å²) in [7, 11) is 0. The van der Waals surface area contributed by atoms with Gasteiger partial charge >= 0.3 is 0 Å². The maximum absolute atomic E-state index is 13.3. The fourth-order valence-electron chi connectivity index (χ4n) is 7.72. The third-order valence-corrected chi connectivity index (χ3v) is 9.46. The smallest absolute Gasteiger partial charge is 0.268 e. The van der Waals surface area contributed by atoms with E-state index in [9.17, 15) is 9.59 Å². The average Bonchev–Trinajstić information content (AvgIpc) is 3.69. The molecule has 1 N–H and O–H groups in total. The molecule has 33 heavy (non-hydrogen) atoms. The highest BCUT2D eigenvalue weighted by Crippen LogP contribution is 2.81. The van der Waals surface area contributed by atoms with E-state index in [1.165, 1.54) is 38.5 Å². The number of amides is 2. The van der Waals surface area contributed by atoms with Crippen molar-refractivity contribution in [1.82, 2.24) is 19.6 Å². The molecule has 2 bridgehead atoms. The Balaban J connectivity index is 1.06. The van der Waals surface area contributed by atoms with Gasteiger partial charge in [0.1, 0.15) is 11.3 Å². The van der Waals surface area contributed by atoms with Crippen LogP contribution >= 0.6 is 0 Å². The van der Waals surface area contributed by atoms with E-state index in [1.54, 1.807) is 0 Å². The molecule has 2 aromatic rings. The fourth-order valence-corrected chi connectivity index (χ4v) is 7.72. The van der Waals surface area contributed by atoms with Gasteiger partial charge in [-0.25, -0.2) is 4.98 Å². The van der Waals surface area contributed by atoms with E-state index < -0.39 is 0 Å². The van der Waals surface area contributed by atoms with E-state index in [2.05, 4.69) is 10.3 Å². The minimum atomic E-state index is -0.0394. The Morgan fingerprint density at radius 3 is 2.97 bits per heavy atom. The van der Waals surface area contributed by atoms with Crippen LogP contribution in [-0.4, -0.2) is 58.9 Å². The molecule has 1 aliphatic heterocycles. The first kappa shape index (κ1) is 20.0. The van der Waals surface area contributed by atoms with E-state index >= 15 is 0 Å². The molecule has 174 valence electrons. The van der Waals surface area contributed by atoms with Crippen molar-refractivity contribution in [2.75, 3.05) is 32.8 Å². The highest BCUT2D eigenvalue weighted by Gasteiger charge is 2.73. The van der Waals surface area contributed by atoms with Crippen molar-refractivity contribution in [3.63, 3.8) is 0 Å². The van der Waals surface area contributed by atoms with Crippen LogP contribution in [-0.2, 0) is 16.0 Å². The van der Waals surface area contributed by atoms with Crippen LogP contribution in [0.1, 0.15) is 54.7 Å². The second kappa shape index (κ2) is 7.05. The lowest BCUT2D eigenvalue weighted by Gasteiger charge is -2.31. The largest absolute Gasteiger partial charge is 0.378 e. The number of aromatic nitrogens is 2. The molecule has 5 atom stereocenters. The highest BCUT2D eigenvalue weighted by atomic mass is 16.5. The monoisotopic (exact) mass is 448 g/mol. The van der Waals surface area contributed by atoms with Crippen LogP contribution in [0, 0.1) is 28.6 Å². The van der Waals surface area contributed by atoms with Crippen molar-refractivity contribution in [3.05, 3.63) is 35.8 Å². The molecule has 0 aromatic carbocycles. The first-order valence-electron chi connectivity index (χ1n) is 12.7. The Labute approximate surface area is 193 Å². The number of morpholine rings is 1. The molecule has 0 radical (unpaired) electrons. The Morgan fingerprint density at radius 2 is 2.09 bits per heavy atom. The van der Waals surface area contributed by atoms with E-state index in [0.717, 1.165) is 24.3 Å². The molecule has 4 aliphatic carbocycles. The molecule has 2 aromatic heterocycles. The summed E-state index contributed by atoms with van der Waals surface area (Å²) in [5.74, 6) is 2.93. The molecule has 1 spiro atoms. The van der Waals surface area contributed by atoms with Gasteiger partial charge in [0, 0.05) is 25.8 Å².